The van der Waals surface area contributed by atoms with Gasteiger partial charge in [0, 0.05) is 31.6 Å². The highest BCUT2D eigenvalue weighted by Gasteiger charge is 2.31. The number of carbonyl (C=O) groups excluding carboxylic acids is 1. The molecule has 144 valence electrons. The molecule has 0 radical (unpaired) electrons. The van der Waals surface area contributed by atoms with Crippen molar-refractivity contribution >= 4 is 25.8 Å². The van der Waals surface area contributed by atoms with Crippen LogP contribution in [0.5, 0.6) is 0 Å². The van der Waals surface area contributed by atoms with E-state index >= 15 is 0 Å². The Bertz CT molecular complexity index is 1050. The number of likely N-dealkylation sites (tertiary alicyclic amines) is 1. The second-order valence-electron chi connectivity index (χ2n) is 6.32. The molecule has 10 heteroatoms. The van der Waals surface area contributed by atoms with Crippen LogP contribution in [0.15, 0.2) is 58.5 Å². The van der Waals surface area contributed by atoms with Crippen molar-refractivity contribution < 1.29 is 21.6 Å². The summed E-state index contributed by atoms with van der Waals surface area (Å²) < 4.78 is 51.0. The monoisotopic (exact) mass is 409 g/mol. The summed E-state index contributed by atoms with van der Waals surface area (Å²) in [6.07, 6.45) is 3.01. The zero-order valence-corrected chi connectivity index (χ0v) is 16.2. The van der Waals surface area contributed by atoms with E-state index in [1.165, 1.54) is 24.4 Å². The number of carbonyl (C=O) groups is 1. The van der Waals surface area contributed by atoms with Gasteiger partial charge >= 0.3 is 0 Å². The summed E-state index contributed by atoms with van der Waals surface area (Å²) in [6, 6.07) is 9.77. The molecular formula is C17H19N3O5S2. The predicted octanol–water partition coefficient (Wildman–Crippen LogP) is 0.678. The molecule has 2 heterocycles. The average molecular weight is 409 g/mol. The highest BCUT2D eigenvalue weighted by Crippen LogP contribution is 2.18. The Labute approximate surface area is 158 Å². The van der Waals surface area contributed by atoms with Crippen molar-refractivity contribution in [2.45, 2.75) is 22.3 Å². The lowest BCUT2D eigenvalue weighted by Crippen LogP contribution is -2.38. The average Bonchev–Trinajstić information content (AvgIpc) is 3.09. The molecule has 1 N–H and O–H groups in total. The van der Waals surface area contributed by atoms with Crippen LogP contribution in [0.4, 0.5) is 0 Å². The number of pyridine rings is 1. The highest BCUT2D eigenvalue weighted by atomic mass is 32.2. The summed E-state index contributed by atoms with van der Waals surface area (Å²) in [5.41, 5.74) is 0.307. The molecule has 0 bridgehead atoms. The molecule has 1 fully saturated rings. The minimum absolute atomic E-state index is 0.0660. The molecule has 1 amide bonds. The second kappa shape index (κ2) is 7.37. The van der Waals surface area contributed by atoms with Crippen molar-refractivity contribution in [3.05, 3.63) is 54.4 Å². The normalized spacial score (nSPS) is 17.8. The molecule has 27 heavy (non-hydrogen) atoms. The first-order valence-electron chi connectivity index (χ1n) is 8.19. The number of benzene rings is 1. The predicted molar refractivity (Wildman–Crippen MR) is 98.4 cm³/mol. The van der Waals surface area contributed by atoms with Crippen LogP contribution in [0.25, 0.3) is 0 Å². The van der Waals surface area contributed by atoms with Crippen molar-refractivity contribution in [3.63, 3.8) is 0 Å². The van der Waals surface area contributed by atoms with Crippen LogP contribution in [-0.4, -0.2) is 58.0 Å². The lowest BCUT2D eigenvalue weighted by atomic mass is 10.3. The molecule has 0 unspecified atom stereocenters. The van der Waals surface area contributed by atoms with Crippen LogP contribution < -0.4 is 4.72 Å². The molecular weight excluding hydrogens is 390 g/mol. The maximum Gasteiger partial charge on any atom is 0.272 e. The molecule has 1 aromatic carbocycles. The van der Waals surface area contributed by atoms with E-state index in [2.05, 4.69) is 9.71 Å². The van der Waals surface area contributed by atoms with E-state index in [0.717, 1.165) is 12.3 Å². The van der Waals surface area contributed by atoms with Gasteiger partial charge in [-0.25, -0.2) is 21.6 Å². The number of hydrogen-bond acceptors (Lipinski definition) is 6. The van der Waals surface area contributed by atoms with Gasteiger partial charge in [-0.15, -0.1) is 0 Å². The fraction of sp³-hybridized carbons (Fsp3) is 0.294. The Balaban J connectivity index is 1.72. The first-order valence-corrected chi connectivity index (χ1v) is 11.6. The van der Waals surface area contributed by atoms with Gasteiger partial charge in [-0.1, -0.05) is 12.1 Å². The maximum absolute atomic E-state index is 12.6. The number of hydrogen-bond donors (Lipinski definition) is 1. The van der Waals surface area contributed by atoms with E-state index < -0.39 is 25.9 Å². The van der Waals surface area contributed by atoms with Gasteiger partial charge in [0.1, 0.15) is 5.69 Å². The number of sulfonamides is 1. The topological polar surface area (TPSA) is 114 Å². The van der Waals surface area contributed by atoms with Crippen molar-refractivity contribution in [1.82, 2.24) is 14.6 Å². The molecule has 1 aliphatic heterocycles. The Hall–Kier alpha value is -2.30. The third kappa shape index (κ3) is 4.52. The molecule has 1 aromatic heterocycles. The standard InChI is InChI=1S/C17H19N3O5S2/c1-26(22,23)14-5-4-6-15(11-14)27(24,25)19-13-8-10-20(12-13)17(21)16-7-2-3-9-18-16/h2-7,9,11,13,19H,8,10,12H2,1H3/t13-/m1/s1. The molecule has 1 saturated heterocycles. The third-order valence-electron chi connectivity index (χ3n) is 4.23. The smallest absolute Gasteiger partial charge is 0.272 e. The molecule has 2 aromatic rings. The fourth-order valence-corrected chi connectivity index (χ4v) is 4.90. The van der Waals surface area contributed by atoms with Gasteiger partial charge in [0.2, 0.25) is 10.0 Å². The van der Waals surface area contributed by atoms with Crippen LogP contribution in [0.3, 0.4) is 0 Å². The second-order valence-corrected chi connectivity index (χ2v) is 10.0. The maximum atomic E-state index is 12.6. The zero-order chi connectivity index (χ0) is 19.7. The van der Waals surface area contributed by atoms with Gasteiger partial charge < -0.3 is 4.90 Å². The van der Waals surface area contributed by atoms with Gasteiger partial charge in [-0.3, -0.25) is 9.78 Å². The van der Waals surface area contributed by atoms with Crippen LogP contribution in [0.2, 0.25) is 0 Å². The van der Waals surface area contributed by atoms with E-state index in [1.807, 2.05) is 0 Å². The summed E-state index contributed by atoms with van der Waals surface area (Å²) in [4.78, 5) is 17.8. The molecule has 1 atom stereocenters. The SMILES string of the molecule is CS(=O)(=O)c1cccc(S(=O)(=O)N[C@@H]2CCN(C(=O)c3ccccn3)C2)c1. The van der Waals surface area contributed by atoms with Crippen molar-refractivity contribution in [2.24, 2.45) is 0 Å². The van der Waals surface area contributed by atoms with Gasteiger partial charge in [0.05, 0.1) is 9.79 Å². The van der Waals surface area contributed by atoms with E-state index in [1.54, 1.807) is 23.1 Å². The number of nitrogens with zero attached hydrogens (tertiary/aromatic N) is 2. The number of amides is 1. The Kier molecular flexibility index (Phi) is 5.31. The summed E-state index contributed by atoms with van der Waals surface area (Å²) >= 11 is 0. The summed E-state index contributed by atoms with van der Waals surface area (Å²) in [5, 5.41) is 0. The van der Waals surface area contributed by atoms with Crippen LogP contribution in [-0.2, 0) is 19.9 Å². The van der Waals surface area contributed by atoms with Crippen LogP contribution in [0.1, 0.15) is 16.9 Å². The minimum Gasteiger partial charge on any atom is -0.336 e. The first kappa shape index (κ1) is 19.5. The van der Waals surface area contributed by atoms with E-state index in [-0.39, 0.29) is 22.2 Å². The molecule has 0 spiro atoms. The van der Waals surface area contributed by atoms with Crippen molar-refractivity contribution in [1.29, 1.82) is 0 Å². The van der Waals surface area contributed by atoms with Gasteiger partial charge in [0.15, 0.2) is 9.84 Å². The highest BCUT2D eigenvalue weighted by molar-refractivity contribution is 7.91. The van der Waals surface area contributed by atoms with E-state index in [9.17, 15) is 21.6 Å². The number of rotatable bonds is 5. The third-order valence-corrected chi connectivity index (χ3v) is 6.85. The summed E-state index contributed by atoms with van der Waals surface area (Å²) in [5.74, 6) is -0.253. The van der Waals surface area contributed by atoms with Crippen LogP contribution >= 0.6 is 0 Å². The van der Waals surface area contributed by atoms with Gasteiger partial charge in [-0.05, 0) is 36.8 Å². The number of aromatic nitrogens is 1. The number of sulfone groups is 1. The van der Waals surface area contributed by atoms with Crippen molar-refractivity contribution in [3.8, 4) is 0 Å². The van der Waals surface area contributed by atoms with E-state index in [4.69, 9.17) is 0 Å². The van der Waals surface area contributed by atoms with Gasteiger partial charge in [-0.2, -0.15) is 0 Å². The molecule has 1 aliphatic rings. The Morgan fingerprint density at radius 2 is 1.85 bits per heavy atom. The van der Waals surface area contributed by atoms with Crippen LogP contribution in [0, 0.1) is 0 Å². The Morgan fingerprint density at radius 1 is 1.11 bits per heavy atom. The molecule has 3 rings (SSSR count). The zero-order valence-electron chi connectivity index (χ0n) is 14.6. The number of nitrogens with one attached hydrogen (secondary N) is 1. The lowest BCUT2D eigenvalue weighted by molar-refractivity contribution is 0.0784. The minimum atomic E-state index is -3.91. The molecule has 8 nitrogen and oxygen atoms in total. The molecule has 0 aliphatic carbocycles. The van der Waals surface area contributed by atoms with E-state index in [0.29, 0.717) is 18.7 Å². The van der Waals surface area contributed by atoms with Crippen molar-refractivity contribution in [2.75, 3.05) is 19.3 Å². The summed E-state index contributed by atoms with van der Waals surface area (Å²) in [7, 11) is -7.42. The Morgan fingerprint density at radius 3 is 2.52 bits per heavy atom. The molecule has 0 saturated carbocycles. The lowest BCUT2D eigenvalue weighted by Gasteiger charge is -2.17. The van der Waals surface area contributed by atoms with Gasteiger partial charge in [0.25, 0.3) is 5.91 Å². The fourth-order valence-electron chi connectivity index (χ4n) is 2.85. The summed E-state index contributed by atoms with van der Waals surface area (Å²) in [6.45, 7) is 0.631. The first-order chi connectivity index (χ1) is 12.7. The largest absolute Gasteiger partial charge is 0.336 e. The quantitative estimate of drug-likeness (QED) is 0.777.